The highest BCUT2D eigenvalue weighted by Crippen LogP contribution is 2.18. The van der Waals surface area contributed by atoms with Gasteiger partial charge in [0.15, 0.2) is 0 Å². The first-order chi connectivity index (χ1) is 15.4. The van der Waals surface area contributed by atoms with E-state index in [9.17, 15) is 14.0 Å². The number of amides is 2. The van der Waals surface area contributed by atoms with Crippen molar-refractivity contribution in [1.29, 1.82) is 0 Å². The number of hydrazone groups is 1. The molecule has 0 saturated heterocycles. The van der Waals surface area contributed by atoms with Gasteiger partial charge < -0.3 is 10.1 Å². The van der Waals surface area contributed by atoms with Crippen LogP contribution in [0.25, 0.3) is 0 Å². The molecule has 0 fully saturated rings. The number of benzene rings is 3. The van der Waals surface area contributed by atoms with Crippen LogP contribution in [0.15, 0.2) is 77.9 Å². The summed E-state index contributed by atoms with van der Waals surface area (Å²) in [7, 11) is 0. The molecular weight excluding hydrogens is 409 g/mol. The van der Waals surface area contributed by atoms with Crippen molar-refractivity contribution in [2.45, 2.75) is 20.5 Å². The lowest BCUT2D eigenvalue weighted by molar-refractivity contribution is -0.131. The number of ether oxygens (including phenoxy) is 1. The standard InChI is InChI=1S/C25H24FN3O3/c1-17-11-13-19(14-12-17)16-32-23-10-6-3-7-20(23)15-27-29-25(31)18(2)24(30)28-22-9-5-4-8-21(22)26/h3-15,18H,16H2,1-2H3,(H,28,30)(H,29,31). The SMILES string of the molecule is Cc1ccc(COc2ccccc2C=NNC(=O)C(C)C(=O)Nc2ccccc2F)cc1. The Morgan fingerprint density at radius 2 is 1.69 bits per heavy atom. The molecule has 3 aromatic rings. The van der Waals surface area contributed by atoms with Crippen molar-refractivity contribution in [3.05, 3.63) is 95.3 Å². The Bertz CT molecular complexity index is 1110. The van der Waals surface area contributed by atoms with E-state index in [1.807, 2.05) is 49.4 Å². The lowest BCUT2D eigenvalue weighted by Gasteiger charge is -2.11. The number of aryl methyl sites for hydroxylation is 1. The van der Waals surface area contributed by atoms with Gasteiger partial charge in [-0.05, 0) is 43.7 Å². The molecule has 0 aromatic heterocycles. The Labute approximate surface area is 186 Å². The van der Waals surface area contributed by atoms with E-state index in [4.69, 9.17) is 4.74 Å². The second kappa shape index (κ2) is 10.9. The Hall–Kier alpha value is -4.00. The molecule has 1 unspecified atom stereocenters. The van der Waals surface area contributed by atoms with Crippen LogP contribution in [0, 0.1) is 18.7 Å². The van der Waals surface area contributed by atoms with Crippen LogP contribution >= 0.6 is 0 Å². The quantitative estimate of drug-likeness (QED) is 0.313. The van der Waals surface area contributed by atoms with Crippen molar-refractivity contribution in [3.63, 3.8) is 0 Å². The minimum absolute atomic E-state index is 0.0142. The van der Waals surface area contributed by atoms with Crippen LogP contribution < -0.4 is 15.5 Å². The van der Waals surface area contributed by atoms with Gasteiger partial charge in [-0.2, -0.15) is 5.10 Å². The maximum atomic E-state index is 13.7. The molecule has 3 aromatic carbocycles. The largest absolute Gasteiger partial charge is 0.488 e. The molecule has 2 amide bonds. The molecule has 0 aliphatic rings. The van der Waals surface area contributed by atoms with E-state index >= 15 is 0 Å². The third-order valence-electron chi connectivity index (χ3n) is 4.73. The number of carbonyl (C=O) groups is 2. The summed E-state index contributed by atoms with van der Waals surface area (Å²) in [6.07, 6.45) is 1.45. The van der Waals surface area contributed by atoms with Crippen molar-refractivity contribution in [2.24, 2.45) is 11.0 Å². The minimum Gasteiger partial charge on any atom is -0.488 e. The van der Waals surface area contributed by atoms with Gasteiger partial charge >= 0.3 is 0 Å². The fourth-order valence-electron chi connectivity index (χ4n) is 2.75. The van der Waals surface area contributed by atoms with E-state index in [0.29, 0.717) is 17.9 Å². The molecule has 1 atom stereocenters. The van der Waals surface area contributed by atoms with Crippen LogP contribution in [0.3, 0.4) is 0 Å². The summed E-state index contributed by atoms with van der Waals surface area (Å²) < 4.78 is 19.6. The number of anilines is 1. The lowest BCUT2D eigenvalue weighted by Crippen LogP contribution is -2.34. The van der Waals surface area contributed by atoms with Crippen LogP contribution in [0.2, 0.25) is 0 Å². The summed E-state index contributed by atoms with van der Waals surface area (Å²) in [6, 6.07) is 21.1. The molecule has 6 nitrogen and oxygen atoms in total. The highest BCUT2D eigenvalue weighted by molar-refractivity contribution is 6.06. The first-order valence-electron chi connectivity index (χ1n) is 10.1. The zero-order valence-electron chi connectivity index (χ0n) is 17.8. The monoisotopic (exact) mass is 433 g/mol. The van der Waals surface area contributed by atoms with Crippen molar-refractivity contribution in [3.8, 4) is 5.75 Å². The van der Waals surface area contributed by atoms with Crippen molar-refractivity contribution in [2.75, 3.05) is 5.32 Å². The molecular formula is C25H24FN3O3. The Morgan fingerprint density at radius 3 is 2.44 bits per heavy atom. The molecule has 164 valence electrons. The molecule has 0 aliphatic heterocycles. The van der Waals surface area contributed by atoms with Crippen LogP contribution in [0.4, 0.5) is 10.1 Å². The van der Waals surface area contributed by atoms with Gasteiger partial charge in [-0.3, -0.25) is 9.59 Å². The average molecular weight is 433 g/mol. The highest BCUT2D eigenvalue weighted by atomic mass is 19.1. The maximum absolute atomic E-state index is 13.7. The molecule has 0 radical (unpaired) electrons. The topological polar surface area (TPSA) is 79.8 Å². The zero-order chi connectivity index (χ0) is 22.9. The van der Waals surface area contributed by atoms with Crippen LogP contribution in [0.1, 0.15) is 23.6 Å². The first-order valence-corrected chi connectivity index (χ1v) is 10.1. The predicted octanol–water partition coefficient (Wildman–Crippen LogP) is 4.44. The molecule has 32 heavy (non-hydrogen) atoms. The third-order valence-corrected chi connectivity index (χ3v) is 4.73. The number of carbonyl (C=O) groups excluding carboxylic acids is 2. The zero-order valence-corrected chi connectivity index (χ0v) is 17.8. The summed E-state index contributed by atoms with van der Waals surface area (Å²) >= 11 is 0. The highest BCUT2D eigenvalue weighted by Gasteiger charge is 2.22. The van der Waals surface area contributed by atoms with Gasteiger partial charge in [-0.25, -0.2) is 9.82 Å². The Morgan fingerprint density at radius 1 is 1.00 bits per heavy atom. The molecule has 0 spiro atoms. The number of hydrogen-bond donors (Lipinski definition) is 2. The van der Waals surface area contributed by atoms with Crippen LogP contribution in [-0.2, 0) is 16.2 Å². The summed E-state index contributed by atoms with van der Waals surface area (Å²) in [5.41, 5.74) is 5.23. The Balaban J connectivity index is 1.56. The molecule has 3 rings (SSSR count). The number of hydrogen-bond acceptors (Lipinski definition) is 4. The molecule has 0 heterocycles. The summed E-state index contributed by atoms with van der Waals surface area (Å²) in [4.78, 5) is 24.5. The Kier molecular flexibility index (Phi) is 7.70. The normalized spacial score (nSPS) is 11.7. The van der Waals surface area contributed by atoms with Crippen molar-refractivity contribution in [1.82, 2.24) is 5.43 Å². The summed E-state index contributed by atoms with van der Waals surface area (Å²) in [5, 5.41) is 6.34. The second-order valence-electron chi connectivity index (χ2n) is 7.24. The summed E-state index contributed by atoms with van der Waals surface area (Å²) in [5.74, 6) is -2.29. The molecule has 2 N–H and O–H groups in total. The number of para-hydroxylation sites is 2. The van der Waals surface area contributed by atoms with Gasteiger partial charge in [0.2, 0.25) is 5.91 Å². The number of rotatable bonds is 8. The maximum Gasteiger partial charge on any atom is 0.252 e. The molecule has 7 heteroatoms. The van der Waals surface area contributed by atoms with Gasteiger partial charge in [0, 0.05) is 5.56 Å². The van der Waals surface area contributed by atoms with E-state index < -0.39 is 23.5 Å². The van der Waals surface area contributed by atoms with Crippen LogP contribution in [-0.4, -0.2) is 18.0 Å². The van der Waals surface area contributed by atoms with Crippen molar-refractivity contribution < 1.29 is 18.7 Å². The van der Waals surface area contributed by atoms with E-state index in [2.05, 4.69) is 15.8 Å². The van der Waals surface area contributed by atoms with Crippen molar-refractivity contribution >= 4 is 23.7 Å². The summed E-state index contributed by atoms with van der Waals surface area (Å²) in [6.45, 7) is 3.83. The lowest BCUT2D eigenvalue weighted by atomic mass is 10.1. The van der Waals surface area contributed by atoms with E-state index in [0.717, 1.165) is 5.56 Å². The van der Waals surface area contributed by atoms with Gasteiger partial charge in [-0.15, -0.1) is 0 Å². The third kappa shape index (κ3) is 6.25. The number of halogens is 1. The van der Waals surface area contributed by atoms with Gasteiger partial charge in [0.25, 0.3) is 5.91 Å². The second-order valence-corrected chi connectivity index (χ2v) is 7.24. The minimum atomic E-state index is -1.07. The van der Waals surface area contributed by atoms with E-state index in [-0.39, 0.29) is 5.69 Å². The first kappa shape index (κ1) is 22.7. The number of nitrogens with one attached hydrogen (secondary N) is 2. The average Bonchev–Trinajstić information content (AvgIpc) is 2.80. The molecule has 0 saturated carbocycles. The van der Waals surface area contributed by atoms with Crippen LogP contribution in [0.5, 0.6) is 5.75 Å². The number of nitrogens with zero attached hydrogens (tertiary/aromatic N) is 1. The van der Waals surface area contributed by atoms with Gasteiger partial charge in [0.05, 0.1) is 11.9 Å². The van der Waals surface area contributed by atoms with Gasteiger partial charge in [-0.1, -0.05) is 54.1 Å². The fourth-order valence-corrected chi connectivity index (χ4v) is 2.75. The molecule has 0 aliphatic carbocycles. The van der Waals surface area contributed by atoms with Gasteiger partial charge in [0.1, 0.15) is 24.1 Å². The van der Waals surface area contributed by atoms with E-state index in [1.165, 1.54) is 36.9 Å². The molecule has 0 bridgehead atoms. The fraction of sp³-hybridized carbons (Fsp3) is 0.160. The van der Waals surface area contributed by atoms with E-state index in [1.54, 1.807) is 12.1 Å². The smallest absolute Gasteiger partial charge is 0.252 e. The predicted molar refractivity (Wildman–Crippen MR) is 122 cm³/mol.